The minimum Gasteiger partial charge on any atom is -0.349 e. The Morgan fingerprint density at radius 3 is 2.05 bits per heavy atom. The smallest absolute Gasteiger partial charge is 0.224 e. The van der Waals surface area contributed by atoms with Crippen molar-refractivity contribution < 1.29 is 4.79 Å². The molecule has 5 aliphatic carbocycles. The van der Waals surface area contributed by atoms with Gasteiger partial charge >= 0.3 is 0 Å². The number of amides is 1. The van der Waals surface area contributed by atoms with Gasteiger partial charge < -0.3 is 5.32 Å². The third-order valence-corrected chi connectivity index (χ3v) is 7.25. The van der Waals surface area contributed by atoms with E-state index < -0.39 is 0 Å². The van der Waals surface area contributed by atoms with Gasteiger partial charge in [-0.3, -0.25) is 4.79 Å². The number of carbonyl (C=O) groups excluding carboxylic acids is 1. The molecule has 0 aromatic heterocycles. The molecule has 3 heteroatoms. The van der Waals surface area contributed by atoms with Gasteiger partial charge in [0.2, 0.25) is 5.91 Å². The topological polar surface area (TPSA) is 29.1 Å². The van der Waals surface area contributed by atoms with E-state index in [-0.39, 0.29) is 5.54 Å². The average molecular weight is 296 g/mol. The van der Waals surface area contributed by atoms with Gasteiger partial charge in [0.15, 0.2) is 0 Å². The van der Waals surface area contributed by atoms with Crippen molar-refractivity contribution in [3.63, 3.8) is 0 Å². The van der Waals surface area contributed by atoms with Crippen molar-refractivity contribution in [3.05, 3.63) is 0 Å². The molecule has 0 unspecified atom stereocenters. The molecule has 5 fully saturated rings. The number of hydrogen-bond donors (Lipinski definition) is 1. The van der Waals surface area contributed by atoms with E-state index in [0.717, 1.165) is 24.7 Å². The molecule has 0 spiro atoms. The van der Waals surface area contributed by atoms with Crippen molar-refractivity contribution in [2.45, 2.75) is 63.3 Å². The second-order valence-electron chi connectivity index (χ2n) is 8.07. The predicted molar refractivity (Wildman–Crippen MR) is 80.6 cm³/mol. The summed E-state index contributed by atoms with van der Waals surface area (Å²) in [4.78, 5) is 12.9. The van der Waals surface area contributed by atoms with Gasteiger partial charge in [0.1, 0.15) is 0 Å². The van der Waals surface area contributed by atoms with Gasteiger partial charge in [0.25, 0.3) is 0 Å². The molecule has 1 N–H and O–H groups in total. The molecule has 112 valence electrons. The maximum absolute atomic E-state index is 12.9. The van der Waals surface area contributed by atoms with Crippen LogP contribution < -0.4 is 5.32 Å². The van der Waals surface area contributed by atoms with Crippen LogP contribution in [0.25, 0.3) is 0 Å². The fourth-order valence-corrected chi connectivity index (χ4v) is 6.38. The monoisotopic (exact) mass is 295 g/mol. The standard InChI is InChI=1S/C17H26ClNO/c18-10-17(3-1-2-4-17)19-16(20)15-13-6-11-5-12(8-13)9-14(15)7-11/h11-15H,1-10H2,(H,19,20). The Bertz CT molecular complexity index is 374. The lowest BCUT2D eigenvalue weighted by molar-refractivity contribution is -0.139. The first-order chi connectivity index (χ1) is 9.69. The molecule has 1 amide bonds. The van der Waals surface area contributed by atoms with Crippen LogP contribution in [0.5, 0.6) is 0 Å². The van der Waals surface area contributed by atoms with Crippen molar-refractivity contribution in [1.29, 1.82) is 0 Å². The summed E-state index contributed by atoms with van der Waals surface area (Å²) in [5, 5.41) is 3.40. The van der Waals surface area contributed by atoms with Crippen molar-refractivity contribution in [2.75, 3.05) is 5.88 Å². The van der Waals surface area contributed by atoms with E-state index in [4.69, 9.17) is 11.6 Å². The van der Waals surface area contributed by atoms with Gasteiger partial charge in [-0.2, -0.15) is 0 Å². The Balaban J connectivity index is 1.48. The third kappa shape index (κ3) is 2.10. The van der Waals surface area contributed by atoms with Crippen LogP contribution in [0.3, 0.4) is 0 Å². The summed E-state index contributed by atoms with van der Waals surface area (Å²) in [5.74, 6) is 4.49. The fraction of sp³-hybridized carbons (Fsp3) is 0.941. The lowest BCUT2D eigenvalue weighted by atomic mass is 9.51. The molecule has 2 nitrogen and oxygen atoms in total. The molecule has 0 aromatic rings. The Morgan fingerprint density at radius 1 is 1.00 bits per heavy atom. The number of halogens is 1. The lowest BCUT2D eigenvalue weighted by Gasteiger charge is -2.54. The molecule has 0 atom stereocenters. The van der Waals surface area contributed by atoms with Crippen LogP contribution in [0, 0.1) is 29.6 Å². The molecule has 0 saturated heterocycles. The highest BCUT2D eigenvalue weighted by atomic mass is 35.5. The fourth-order valence-electron chi connectivity index (χ4n) is 6.04. The number of rotatable bonds is 3. The summed E-state index contributed by atoms with van der Waals surface area (Å²) < 4.78 is 0. The molecule has 5 rings (SSSR count). The predicted octanol–water partition coefficient (Wildman–Crippen LogP) is 3.73. The van der Waals surface area contributed by atoms with E-state index in [1.165, 1.54) is 44.9 Å². The SMILES string of the molecule is O=C(NC1(CCl)CCCC1)C1C2CC3CC(C2)CC1C3. The molecular formula is C17H26ClNO. The van der Waals surface area contributed by atoms with Crippen LogP contribution in [0.1, 0.15) is 57.8 Å². The largest absolute Gasteiger partial charge is 0.349 e. The summed E-state index contributed by atoms with van der Waals surface area (Å²) >= 11 is 6.18. The van der Waals surface area contributed by atoms with Crippen LogP contribution >= 0.6 is 11.6 Å². The van der Waals surface area contributed by atoms with Gasteiger partial charge in [0.05, 0.1) is 5.54 Å². The van der Waals surface area contributed by atoms with E-state index in [2.05, 4.69) is 5.32 Å². The summed E-state index contributed by atoms with van der Waals surface area (Å²) in [6.07, 6.45) is 11.3. The van der Waals surface area contributed by atoms with Crippen molar-refractivity contribution in [3.8, 4) is 0 Å². The van der Waals surface area contributed by atoms with Gasteiger partial charge in [-0.1, -0.05) is 12.8 Å². The average Bonchev–Trinajstić information content (AvgIpc) is 2.86. The molecule has 20 heavy (non-hydrogen) atoms. The van der Waals surface area contributed by atoms with Crippen molar-refractivity contribution >= 4 is 17.5 Å². The van der Waals surface area contributed by atoms with E-state index in [1.54, 1.807) is 0 Å². The van der Waals surface area contributed by atoms with Crippen LogP contribution in [0.4, 0.5) is 0 Å². The normalized spacial score (nSPS) is 44.8. The zero-order valence-corrected chi connectivity index (χ0v) is 13.0. The second kappa shape index (κ2) is 4.90. The van der Waals surface area contributed by atoms with Crippen LogP contribution in [0.2, 0.25) is 0 Å². The van der Waals surface area contributed by atoms with Crippen LogP contribution in [-0.2, 0) is 4.79 Å². The van der Waals surface area contributed by atoms with Gasteiger partial charge in [-0.25, -0.2) is 0 Å². The van der Waals surface area contributed by atoms with E-state index in [1.807, 2.05) is 0 Å². The molecular weight excluding hydrogens is 270 g/mol. The number of nitrogens with one attached hydrogen (secondary N) is 1. The molecule has 4 bridgehead atoms. The molecule has 0 aliphatic heterocycles. The highest BCUT2D eigenvalue weighted by Crippen LogP contribution is 2.56. The maximum atomic E-state index is 12.9. The Hall–Kier alpha value is -0.240. The molecule has 5 aliphatic rings. The van der Waals surface area contributed by atoms with Gasteiger partial charge in [-0.05, 0) is 68.6 Å². The number of hydrogen-bond acceptors (Lipinski definition) is 1. The van der Waals surface area contributed by atoms with Crippen LogP contribution in [0.15, 0.2) is 0 Å². The minimum absolute atomic E-state index is 0.0761. The van der Waals surface area contributed by atoms with Crippen molar-refractivity contribution in [2.24, 2.45) is 29.6 Å². The first kappa shape index (κ1) is 13.4. The molecule has 0 radical (unpaired) electrons. The summed E-state index contributed by atoms with van der Waals surface area (Å²) in [6, 6.07) is 0. The quantitative estimate of drug-likeness (QED) is 0.790. The molecule has 0 heterocycles. The number of alkyl halides is 1. The van der Waals surface area contributed by atoms with E-state index in [0.29, 0.717) is 29.5 Å². The van der Waals surface area contributed by atoms with Gasteiger partial charge in [0, 0.05) is 11.8 Å². The third-order valence-electron chi connectivity index (χ3n) is 6.73. The van der Waals surface area contributed by atoms with Gasteiger partial charge in [-0.15, -0.1) is 11.6 Å². The van der Waals surface area contributed by atoms with Crippen LogP contribution in [-0.4, -0.2) is 17.3 Å². The maximum Gasteiger partial charge on any atom is 0.224 e. The minimum atomic E-state index is -0.0761. The zero-order valence-electron chi connectivity index (χ0n) is 12.2. The Kier molecular flexibility index (Phi) is 3.29. The summed E-state index contributed by atoms with van der Waals surface area (Å²) in [6.45, 7) is 0. The van der Waals surface area contributed by atoms with E-state index in [9.17, 15) is 4.79 Å². The zero-order chi connectivity index (χ0) is 13.7. The summed E-state index contributed by atoms with van der Waals surface area (Å²) in [7, 11) is 0. The number of carbonyl (C=O) groups is 1. The summed E-state index contributed by atoms with van der Waals surface area (Å²) in [5.41, 5.74) is -0.0761. The highest BCUT2D eigenvalue weighted by molar-refractivity contribution is 6.18. The van der Waals surface area contributed by atoms with Crippen molar-refractivity contribution in [1.82, 2.24) is 5.32 Å². The Labute approximate surface area is 127 Å². The Morgan fingerprint density at radius 2 is 1.55 bits per heavy atom. The first-order valence-corrected chi connectivity index (χ1v) is 9.10. The highest BCUT2D eigenvalue weighted by Gasteiger charge is 2.51. The second-order valence-corrected chi connectivity index (χ2v) is 8.33. The molecule has 5 saturated carbocycles. The lowest BCUT2D eigenvalue weighted by Crippen LogP contribution is -2.56. The molecule has 0 aromatic carbocycles. The first-order valence-electron chi connectivity index (χ1n) is 8.57. The van der Waals surface area contributed by atoms with E-state index >= 15 is 0 Å².